The number of ether oxygens (including phenoxy) is 1. The predicted octanol–water partition coefficient (Wildman–Crippen LogP) is 4.94. The Hall–Kier alpha value is -2.74. The zero-order valence-corrected chi connectivity index (χ0v) is 18.3. The van der Waals surface area contributed by atoms with Crippen molar-refractivity contribution in [2.45, 2.75) is 37.9 Å². The second-order valence-electron chi connectivity index (χ2n) is 8.51. The average molecular weight is 441 g/mol. The number of pyridine rings is 1. The van der Waals surface area contributed by atoms with Gasteiger partial charge in [0.25, 0.3) is 0 Å². The lowest BCUT2D eigenvalue weighted by molar-refractivity contribution is 0.144. The first-order chi connectivity index (χ1) is 15.0. The van der Waals surface area contributed by atoms with Crippen molar-refractivity contribution in [2.24, 2.45) is 11.8 Å². The van der Waals surface area contributed by atoms with E-state index in [-0.39, 0.29) is 17.7 Å². The first-order valence-electron chi connectivity index (χ1n) is 10.6. The van der Waals surface area contributed by atoms with Crippen molar-refractivity contribution in [1.82, 2.24) is 15.2 Å². The topological polar surface area (TPSA) is 71.4 Å². The first-order valence-corrected chi connectivity index (χ1v) is 11.4. The van der Waals surface area contributed by atoms with Gasteiger partial charge in [-0.25, -0.2) is 9.37 Å². The molecule has 31 heavy (non-hydrogen) atoms. The molecule has 1 N–H and O–H groups in total. The molecule has 0 spiro atoms. The minimum absolute atomic E-state index is 0.123. The fraction of sp³-hybridized carbons (Fsp3) is 0.435. The summed E-state index contributed by atoms with van der Waals surface area (Å²) in [4.78, 5) is 6.06. The molecule has 5 rings (SSSR count). The third-order valence-electron chi connectivity index (χ3n) is 6.69. The molecule has 0 amide bonds. The second kappa shape index (κ2) is 8.07. The molecule has 2 aromatic heterocycles. The van der Waals surface area contributed by atoms with Crippen molar-refractivity contribution in [3.05, 3.63) is 36.5 Å². The molecule has 2 bridgehead atoms. The van der Waals surface area contributed by atoms with Crippen LogP contribution in [0, 0.1) is 11.8 Å². The van der Waals surface area contributed by atoms with Gasteiger partial charge in [-0.15, -0.1) is 10.2 Å². The summed E-state index contributed by atoms with van der Waals surface area (Å²) in [6.45, 7) is 0. The van der Waals surface area contributed by atoms with E-state index < -0.39 is 6.17 Å². The van der Waals surface area contributed by atoms with E-state index >= 15 is 0 Å². The number of nitrogens with zero attached hydrogens (tertiary/aromatic N) is 4. The fourth-order valence-electron chi connectivity index (χ4n) is 4.98. The molecule has 2 heterocycles. The Morgan fingerprint density at radius 2 is 1.97 bits per heavy atom. The van der Waals surface area contributed by atoms with Crippen molar-refractivity contribution in [3.63, 3.8) is 0 Å². The number of rotatable bonds is 5. The molecule has 1 aromatic carbocycles. The van der Waals surface area contributed by atoms with Crippen LogP contribution in [0.2, 0.25) is 0 Å². The molecule has 2 aliphatic carbocycles. The van der Waals surface area contributed by atoms with E-state index in [9.17, 15) is 9.50 Å². The van der Waals surface area contributed by atoms with E-state index in [4.69, 9.17) is 4.74 Å². The normalized spacial score (nSPS) is 24.9. The summed E-state index contributed by atoms with van der Waals surface area (Å²) in [5, 5.41) is 20.6. The fourth-order valence-corrected chi connectivity index (χ4v) is 5.87. The van der Waals surface area contributed by atoms with Crippen LogP contribution in [0.5, 0.6) is 11.6 Å². The Morgan fingerprint density at radius 1 is 1.13 bits per heavy atom. The average Bonchev–Trinajstić information content (AvgIpc) is 3.44. The standard InChI is InChI=1S/C23H25FN4O2S/c1-28(18-10-13-3-4-16(9-13)21(18)24)23-27-26-22(31-23)17-6-5-14(11-19(17)29)15-7-8-25-20(12-15)30-2/h5-8,11-13,16,18,21,29H,3-4,9-10H2,1-2H3/t13-,16+,18+,21-/m0/s1. The van der Waals surface area contributed by atoms with Crippen LogP contribution in [-0.2, 0) is 0 Å². The van der Waals surface area contributed by atoms with Crippen molar-refractivity contribution in [2.75, 3.05) is 19.1 Å². The van der Waals surface area contributed by atoms with Gasteiger partial charge in [0.15, 0.2) is 5.01 Å². The summed E-state index contributed by atoms with van der Waals surface area (Å²) in [6.07, 6.45) is 4.89. The van der Waals surface area contributed by atoms with Crippen LogP contribution < -0.4 is 9.64 Å². The molecule has 0 saturated heterocycles. The lowest BCUT2D eigenvalue weighted by atomic mass is 9.83. The van der Waals surface area contributed by atoms with Crippen molar-refractivity contribution >= 4 is 16.5 Å². The Balaban J connectivity index is 1.38. The van der Waals surface area contributed by atoms with Crippen LogP contribution in [-0.4, -0.2) is 46.7 Å². The lowest BCUT2D eigenvalue weighted by Crippen LogP contribution is -2.45. The SMILES string of the molecule is COc1cc(-c2ccc(-c3nnc(N(C)[C@@H]4C[C@H]5CC[C@H](C5)[C@@H]4F)s3)c(O)c2)ccn1. The number of benzene rings is 1. The maximum atomic E-state index is 15.0. The molecule has 2 fully saturated rings. The smallest absolute Gasteiger partial charge is 0.213 e. The second-order valence-corrected chi connectivity index (χ2v) is 9.46. The van der Waals surface area contributed by atoms with Crippen LogP contribution in [0.4, 0.5) is 9.52 Å². The molecule has 162 valence electrons. The van der Waals surface area contributed by atoms with Crippen LogP contribution in [0.15, 0.2) is 36.5 Å². The summed E-state index contributed by atoms with van der Waals surface area (Å²) in [5.41, 5.74) is 2.36. The predicted molar refractivity (Wildman–Crippen MR) is 119 cm³/mol. The molecular formula is C23H25FN4O2S. The number of hydrogen-bond acceptors (Lipinski definition) is 7. The van der Waals surface area contributed by atoms with Crippen molar-refractivity contribution in [3.8, 4) is 33.3 Å². The van der Waals surface area contributed by atoms with Gasteiger partial charge in [0, 0.05) is 19.3 Å². The van der Waals surface area contributed by atoms with E-state index in [2.05, 4.69) is 15.2 Å². The largest absolute Gasteiger partial charge is 0.507 e. The summed E-state index contributed by atoms with van der Waals surface area (Å²) >= 11 is 1.38. The number of hydrogen-bond donors (Lipinski definition) is 1. The van der Waals surface area contributed by atoms with E-state index in [1.807, 2.05) is 36.2 Å². The van der Waals surface area contributed by atoms with Gasteiger partial charge in [0.2, 0.25) is 11.0 Å². The number of aromatic nitrogens is 3. The monoisotopic (exact) mass is 440 g/mol. The molecule has 2 saturated carbocycles. The Morgan fingerprint density at radius 3 is 2.77 bits per heavy atom. The first kappa shape index (κ1) is 20.2. The highest BCUT2D eigenvalue weighted by molar-refractivity contribution is 7.18. The van der Waals surface area contributed by atoms with E-state index in [0.29, 0.717) is 27.5 Å². The number of aromatic hydroxyl groups is 1. The number of fused-ring (bicyclic) bond motifs is 2. The Bertz CT molecular complexity index is 1090. The van der Waals surface area contributed by atoms with Crippen molar-refractivity contribution < 1.29 is 14.2 Å². The minimum atomic E-state index is -0.818. The van der Waals surface area contributed by atoms with Crippen LogP contribution in [0.25, 0.3) is 21.7 Å². The molecular weight excluding hydrogens is 415 g/mol. The van der Waals surface area contributed by atoms with Gasteiger partial charge in [-0.05, 0) is 66.8 Å². The summed E-state index contributed by atoms with van der Waals surface area (Å²) in [6, 6.07) is 8.98. The molecule has 3 aromatic rings. The zero-order valence-electron chi connectivity index (χ0n) is 17.5. The van der Waals surface area contributed by atoms with Crippen molar-refractivity contribution in [1.29, 1.82) is 0 Å². The number of methoxy groups -OCH3 is 1. The van der Waals surface area contributed by atoms with Gasteiger partial charge >= 0.3 is 0 Å². The molecule has 4 atom stereocenters. The molecule has 6 nitrogen and oxygen atoms in total. The van der Waals surface area contributed by atoms with Gasteiger partial charge in [-0.2, -0.15) is 0 Å². The van der Waals surface area contributed by atoms with Crippen LogP contribution in [0.3, 0.4) is 0 Å². The molecule has 0 unspecified atom stereocenters. The Kier molecular flexibility index (Phi) is 5.25. The van der Waals surface area contributed by atoms with Gasteiger partial charge in [0.05, 0.1) is 18.7 Å². The van der Waals surface area contributed by atoms with Gasteiger partial charge in [-0.3, -0.25) is 0 Å². The van der Waals surface area contributed by atoms with Crippen LogP contribution >= 0.6 is 11.3 Å². The van der Waals surface area contributed by atoms with Gasteiger partial charge < -0.3 is 14.7 Å². The quantitative estimate of drug-likeness (QED) is 0.606. The number of phenols is 1. The lowest BCUT2D eigenvalue weighted by Gasteiger charge is -2.37. The minimum Gasteiger partial charge on any atom is -0.507 e. The van der Waals surface area contributed by atoms with E-state index in [1.54, 1.807) is 19.4 Å². The number of phenolic OH excluding ortho intramolecular Hbond substituents is 1. The third kappa shape index (κ3) is 3.73. The molecule has 2 aliphatic rings. The summed E-state index contributed by atoms with van der Waals surface area (Å²) in [5.74, 6) is 1.44. The van der Waals surface area contributed by atoms with Gasteiger partial charge in [0.1, 0.15) is 11.9 Å². The Labute approximate surface area is 184 Å². The highest BCUT2D eigenvalue weighted by atomic mass is 32.1. The highest BCUT2D eigenvalue weighted by Crippen LogP contribution is 2.46. The van der Waals surface area contributed by atoms with E-state index in [0.717, 1.165) is 36.8 Å². The highest BCUT2D eigenvalue weighted by Gasteiger charge is 2.44. The number of halogens is 1. The maximum absolute atomic E-state index is 15.0. The summed E-state index contributed by atoms with van der Waals surface area (Å²) in [7, 11) is 3.48. The third-order valence-corrected chi connectivity index (χ3v) is 7.74. The zero-order chi connectivity index (χ0) is 21.5. The number of alkyl halides is 1. The van der Waals surface area contributed by atoms with E-state index in [1.165, 1.54) is 11.3 Å². The van der Waals surface area contributed by atoms with Crippen LogP contribution in [0.1, 0.15) is 25.7 Å². The summed E-state index contributed by atoms with van der Waals surface area (Å²) < 4.78 is 20.2. The van der Waals surface area contributed by atoms with Gasteiger partial charge in [-0.1, -0.05) is 17.4 Å². The number of anilines is 1. The molecule has 8 heteroatoms. The molecule has 0 radical (unpaired) electrons. The molecule has 0 aliphatic heterocycles. The maximum Gasteiger partial charge on any atom is 0.213 e.